The average molecular weight is 251 g/mol. The molecule has 2 atom stereocenters. The smallest absolute Gasteiger partial charge is 0.180 e. The van der Waals surface area contributed by atoms with Crippen LogP contribution in [-0.2, 0) is 11.2 Å². The van der Waals surface area contributed by atoms with Crippen LogP contribution in [0.2, 0.25) is 0 Å². The Morgan fingerprint density at radius 3 is 3.33 bits per heavy atom. The lowest BCUT2D eigenvalue weighted by atomic mass is 10.2. The van der Waals surface area contributed by atoms with Gasteiger partial charge in [0.15, 0.2) is 5.82 Å². The van der Waals surface area contributed by atoms with Crippen molar-refractivity contribution < 1.29 is 4.74 Å². The molecule has 2 aliphatic rings. The molecule has 2 aliphatic heterocycles. The normalized spacial score (nSPS) is 28.5. The maximum Gasteiger partial charge on any atom is 0.180 e. The standard InChI is InChI=1S/C12H21N5O/c13-5-1-4-11-14-12(16-15-11)10-7-17-6-2-3-9(17)8-18-10/h9-10H,1-8,13H2,(H,14,15,16). The molecule has 0 bridgehead atoms. The number of nitrogens with one attached hydrogen (secondary N) is 1. The number of aromatic amines is 1. The molecule has 2 fully saturated rings. The van der Waals surface area contributed by atoms with Gasteiger partial charge in [-0.1, -0.05) is 0 Å². The van der Waals surface area contributed by atoms with E-state index in [4.69, 9.17) is 10.5 Å². The van der Waals surface area contributed by atoms with E-state index in [0.29, 0.717) is 12.6 Å². The Morgan fingerprint density at radius 2 is 2.44 bits per heavy atom. The second-order valence-corrected chi connectivity index (χ2v) is 5.15. The van der Waals surface area contributed by atoms with E-state index >= 15 is 0 Å². The minimum absolute atomic E-state index is 0.0298. The summed E-state index contributed by atoms with van der Waals surface area (Å²) in [4.78, 5) is 7.02. The largest absolute Gasteiger partial charge is 0.367 e. The van der Waals surface area contributed by atoms with E-state index in [0.717, 1.165) is 37.6 Å². The SMILES string of the molecule is NCCCc1nc(C2CN3CCCC3CO2)n[nH]1. The summed E-state index contributed by atoms with van der Waals surface area (Å²) in [5, 5.41) is 7.26. The highest BCUT2D eigenvalue weighted by atomic mass is 16.5. The van der Waals surface area contributed by atoms with Crippen molar-refractivity contribution in [2.75, 3.05) is 26.2 Å². The first kappa shape index (κ1) is 12.1. The van der Waals surface area contributed by atoms with Crippen LogP contribution in [0.25, 0.3) is 0 Å². The summed E-state index contributed by atoms with van der Waals surface area (Å²) in [5.74, 6) is 1.72. The molecule has 6 nitrogen and oxygen atoms in total. The highest BCUT2D eigenvalue weighted by molar-refractivity contribution is 4.99. The molecule has 2 unspecified atom stereocenters. The zero-order valence-electron chi connectivity index (χ0n) is 10.6. The summed E-state index contributed by atoms with van der Waals surface area (Å²) in [6.07, 6.45) is 4.39. The minimum Gasteiger partial charge on any atom is -0.367 e. The predicted octanol–water partition coefficient (Wildman–Crippen LogP) is 0.232. The molecule has 0 saturated carbocycles. The summed E-state index contributed by atoms with van der Waals surface area (Å²) in [7, 11) is 0. The van der Waals surface area contributed by atoms with Crippen molar-refractivity contribution in [3.05, 3.63) is 11.6 Å². The second kappa shape index (κ2) is 5.34. The van der Waals surface area contributed by atoms with Gasteiger partial charge in [0.05, 0.1) is 6.61 Å². The van der Waals surface area contributed by atoms with E-state index in [1.54, 1.807) is 0 Å². The Bertz CT molecular complexity index is 394. The quantitative estimate of drug-likeness (QED) is 0.801. The number of aromatic nitrogens is 3. The Hall–Kier alpha value is -0.980. The van der Waals surface area contributed by atoms with Crippen LogP contribution in [0.4, 0.5) is 0 Å². The highest BCUT2D eigenvalue weighted by Gasteiger charge is 2.34. The molecule has 0 radical (unpaired) electrons. The number of rotatable bonds is 4. The molecule has 3 N–H and O–H groups in total. The van der Waals surface area contributed by atoms with Crippen molar-refractivity contribution in [2.45, 2.75) is 37.8 Å². The van der Waals surface area contributed by atoms with Crippen molar-refractivity contribution in [1.82, 2.24) is 20.1 Å². The van der Waals surface area contributed by atoms with Crippen LogP contribution in [0.1, 0.15) is 37.0 Å². The Labute approximate surface area is 107 Å². The van der Waals surface area contributed by atoms with Crippen molar-refractivity contribution in [2.24, 2.45) is 5.73 Å². The number of nitrogens with two attached hydrogens (primary N) is 1. The molecule has 0 spiro atoms. The summed E-state index contributed by atoms with van der Waals surface area (Å²) in [6, 6.07) is 0.622. The van der Waals surface area contributed by atoms with Gasteiger partial charge in [0, 0.05) is 19.0 Å². The molecule has 6 heteroatoms. The molecule has 2 saturated heterocycles. The van der Waals surface area contributed by atoms with Crippen LogP contribution in [0.15, 0.2) is 0 Å². The van der Waals surface area contributed by atoms with Gasteiger partial charge in [-0.15, -0.1) is 0 Å². The van der Waals surface area contributed by atoms with Gasteiger partial charge in [0.25, 0.3) is 0 Å². The van der Waals surface area contributed by atoms with Crippen molar-refractivity contribution >= 4 is 0 Å². The van der Waals surface area contributed by atoms with Crippen LogP contribution in [-0.4, -0.2) is 52.4 Å². The van der Waals surface area contributed by atoms with Crippen molar-refractivity contribution in [1.29, 1.82) is 0 Å². The molecular formula is C12H21N5O. The van der Waals surface area contributed by atoms with Crippen LogP contribution in [0, 0.1) is 0 Å². The number of hydrogen-bond acceptors (Lipinski definition) is 5. The molecule has 0 aromatic carbocycles. The zero-order valence-corrected chi connectivity index (χ0v) is 10.6. The number of aryl methyl sites for hydroxylation is 1. The average Bonchev–Trinajstić information content (AvgIpc) is 3.04. The lowest BCUT2D eigenvalue weighted by molar-refractivity contribution is -0.0540. The third-order valence-corrected chi connectivity index (χ3v) is 3.84. The van der Waals surface area contributed by atoms with E-state index < -0.39 is 0 Å². The molecule has 0 amide bonds. The molecule has 3 heterocycles. The fourth-order valence-corrected chi connectivity index (χ4v) is 2.81. The summed E-state index contributed by atoms with van der Waals surface area (Å²) >= 11 is 0. The number of fused-ring (bicyclic) bond motifs is 1. The third kappa shape index (κ3) is 2.41. The summed E-state index contributed by atoms with van der Waals surface area (Å²) < 4.78 is 5.88. The Morgan fingerprint density at radius 1 is 1.50 bits per heavy atom. The van der Waals surface area contributed by atoms with Crippen LogP contribution in [0.3, 0.4) is 0 Å². The first-order chi connectivity index (χ1) is 8.86. The monoisotopic (exact) mass is 251 g/mol. The lowest BCUT2D eigenvalue weighted by Gasteiger charge is -2.33. The van der Waals surface area contributed by atoms with Crippen molar-refractivity contribution in [3.8, 4) is 0 Å². The molecule has 0 aliphatic carbocycles. The van der Waals surface area contributed by atoms with Gasteiger partial charge in [-0.3, -0.25) is 10.00 Å². The molecule has 100 valence electrons. The fraction of sp³-hybridized carbons (Fsp3) is 0.833. The van der Waals surface area contributed by atoms with Gasteiger partial charge in [-0.25, -0.2) is 4.98 Å². The van der Waals surface area contributed by atoms with Gasteiger partial charge >= 0.3 is 0 Å². The van der Waals surface area contributed by atoms with E-state index in [1.807, 2.05) is 0 Å². The molecular weight excluding hydrogens is 230 g/mol. The predicted molar refractivity (Wildman–Crippen MR) is 67.0 cm³/mol. The highest BCUT2D eigenvalue weighted by Crippen LogP contribution is 2.28. The first-order valence-electron chi connectivity index (χ1n) is 6.83. The maximum absolute atomic E-state index is 5.88. The Kier molecular flexibility index (Phi) is 3.58. The van der Waals surface area contributed by atoms with E-state index in [-0.39, 0.29) is 6.10 Å². The van der Waals surface area contributed by atoms with Gasteiger partial charge < -0.3 is 10.5 Å². The zero-order chi connectivity index (χ0) is 12.4. The van der Waals surface area contributed by atoms with Gasteiger partial charge in [-0.2, -0.15) is 5.10 Å². The lowest BCUT2D eigenvalue weighted by Crippen LogP contribution is -2.42. The summed E-state index contributed by atoms with van der Waals surface area (Å²) in [5.41, 5.74) is 5.49. The number of morpholine rings is 1. The van der Waals surface area contributed by atoms with Crippen LogP contribution in [0.5, 0.6) is 0 Å². The van der Waals surface area contributed by atoms with Gasteiger partial charge in [0.2, 0.25) is 0 Å². The number of hydrogen-bond donors (Lipinski definition) is 2. The van der Waals surface area contributed by atoms with Gasteiger partial charge in [0.1, 0.15) is 11.9 Å². The molecule has 3 rings (SSSR count). The fourth-order valence-electron chi connectivity index (χ4n) is 2.81. The van der Waals surface area contributed by atoms with E-state index in [9.17, 15) is 0 Å². The number of H-pyrrole nitrogens is 1. The van der Waals surface area contributed by atoms with Crippen LogP contribution >= 0.6 is 0 Å². The third-order valence-electron chi connectivity index (χ3n) is 3.84. The van der Waals surface area contributed by atoms with Crippen molar-refractivity contribution in [3.63, 3.8) is 0 Å². The maximum atomic E-state index is 5.88. The first-order valence-corrected chi connectivity index (χ1v) is 6.83. The second-order valence-electron chi connectivity index (χ2n) is 5.15. The number of nitrogens with zero attached hydrogens (tertiary/aromatic N) is 3. The summed E-state index contributed by atoms with van der Waals surface area (Å²) in [6.45, 7) is 3.62. The molecule has 1 aromatic heterocycles. The molecule has 1 aromatic rings. The van der Waals surface area contributed by atoms with Crippen LogP contribution < -0.4 is 5.73 Å². The topological polar surface area (TPSA) is 80.1 Å². The van der Waals surface area contributed by atoms with E-state index in [2.05, 4.69) is 20.1 Å². The number of ether oxygens (including phenoxy) is 1. The molecule has 18 heavy (non-hydrogen) atoms. The Balaban J connectivity index is 1.62. The minimum atomic E-state index is 0.0298. The van der Waals surface area contributed by atoms with Gasteiger partial charge in [-0.05, 0) is 32.4 Å². The van der Waals surface area contributed by atoms with E-state index in [1.165, 1.54) is 19.4 Å².